The van der Waals surface area contributed by atoms with Crippen LogP contribution in [-0.4, -0.2) is 6.04 Å². The van der Waals surface area contributed by atoms with Gasteiger partial charge in [0.25, 0.3) is 0 Å². The van der Waals surface area contributed by atoms with Gasteiger partial charge < -0.3 is 10.5 Å². The van der Waals surface area contributed by atoms with E-state index in [1.54, 1.807) is 0 Å². The largest absolute Gasteiger partial charge is 0.483 e. The number of rotatable bonds is 4. The first-order valence-corrected chi connectivity index (χ1v) is 7.90. The molecule has 0 saturated heterocycles. The average Bonchev–Trinajstić information content (AvgIpc) is 2.79. The number of benzene rings is 1. The Hall–Kier alpha value is -0.740. The van der Waals surface area contributed by atoms with Gasteiger partial charge in [0.2, 0.25) is 0 Å². The molecule has 0 bridgehead atoms. The summed E-state index contributed by atoms with van der Waals surface area (Å²) in [5.74, 6) is 0.774. The molecule has 2 N–H and O–H groups in total. The van der Waals surface area contributed by atoms with Gasteiger partial charge in [0, 0.05) is 15.9 Å². The molecule has 2 unspecified atom stereocenters. The predicted octanol–water partition coefficient (Wildman–Crippen LogP) is 5.14. The van der Waals surface area contributed by atoms with E-state index < -0.39 is 0 Å². The van der Waals surface area contributed by atoms with E-state index in [0.717, 1.165) is 31.1 Å². The van der Waals surface area contributed by atoms with E-state index in [1.807, 2.05) is 45.0 Å². The SMILES string of the molecule is Cc1cc(OC(c2ccc(Cl)s2)C(C)N)cc(C)c1Cl. The Morgan fingerprint density at radius 3 is 2.20 bits per heavy atom. The topological polar surface area (TPSA) is 35.2 Å². The Labute approximate surface area is 133 Å². The van der Waals surface area contributed by atoms with Crippen LogP contribution in [-0.2, 0) is 0 Å². The van der Waals surface area contributed by atoms with Crippen LogP contribution in [0.3, 0.4) is 0 Å². The Bertz CT molecular complexity index is 587. The second-order valence-corrected chi connectivity index (χ2v) is 7.04. The summed E-state index contributed by atoms with van der Waals surface area (Å²) in [5.41, 5.74) is 8.03. The Kier molecular flexibility index (Phi) is 4.97. The third kappa shape index (κ3) is 3.47. The van der Waals surface area contributed by atoms with E-state index in [2.05, 4.69) is 0 Å². The maximum absolute atomic E-state index is 6.17. The van der Waals surface area contributed by atoms with Crippen LogP contribution in [0.1, 0.15) is 29.0 Å². The van der Waals surface area contributed by atoms with Gasteiger partial charge in [0.15, 0.2) is 0 Å². The highest BCUT2D eigenvalue weighted by Gasteiger charge is 2.20. The van der Waals surface area contributed by atoms with Crippen LogP contribution in [0.25, 0.3) is 0 Å². The molecule has 1 aromatic heterocycles. The smallest absolute Gasteiger partial charge is 0.148 e. The van der Waals surface area contributed by atoms with Gasteiger partial charge in [0.1, 0.15) is 11.9 Å². The molecule has 20 heavy (non-hydrogen) atoms. The normalized spacial score (nSPS) is 14.1. The third-order valence-electron chi connectivity index (χ3n) is 3.02. The zero-order valence-electron chi connectivity index (χ0n) is 11.6. The van der Waals surface area contributed by atoms with Gasteiger partial charge >= 0.3 is 0 Å². The Morgan fingerprint density at radius 2 is 1.75 bits per heavy atom. The van der Waals surface area contributed by atoms with Crippen LogP contribution in [0.5, 0.6) is 5.75 Å². The summed E-state index contributed by atoms with van der Waals surface area (Å²) >= 11 is 13.7. The van der Waals surface area contributed by atoms with Crippen molar-refractivity contribution in [3.8, 4) is 5.75 Å². The van der Waals surface area contributed by atoms with E-state index in [9.17, 15) is 0 Å². The Morgan fingerprint density at radius 1 is 1.15 bits per heavy atom. The van der Waals surface area contributed by atoms with Crippen LogP contribution < -0.4 is 10.5 Å². The van der Waals surface area contributed by atoms with Crippen LogP contribution in [0.4, 0.5) is 0 Å². The number of halogens is 2. The number of aryl methyl sites for hydroxylation is 2. The highest BCUT2D eigenvalue weighted by Crippen LogP contribution is 2.33. The van der Waals surface area contributed by atoms with Crippen LogP contribution in [0.15, 0.2) is 24.3 Å². The molecular weight excluding hydrogens is 313 g/mol. The molecular formula is C15H17Cl2NOS. The van der Waals surface area contributed by atoms with Crippen LogP contribution in [0, 0.1) is 13.8 Å². The molecule has 1 heterocycles. The number of ether oxygens (including phenoxy) is 1. The summed E-state index contributed by atoms with van der Waals surface area (Å²) in [5, 5.41) is 0.772. The molecule has 2 aromatic rings. The summed E-state index contributed by atoms with van der Waals surface area (Å²) in [6.07, 6.45) is -0.215. The van der Waals surface area contributed by atoms with Crippen molar-refractivity contribution in [2.24, 2.45) is 5.73 Å². The highest BCUT2D eigenvalue weighted by atomic mass is 35.5. The number of thiophene rings is 1. The second kappa shape index (κ2) is 6.35. The lowest BCUT2D eigenvalue weighted by Gasteiger charge is -2.22. The zero-order valence-corrected chi connectivity index (χ0v) is 13.9. The molecule has 0 amide bonds. The fraction of sp³-hybridized carbons (Fsp3) is 0.333. The number of hydrogen-bond donors (Lipinski definition) is 1. The molecule has 2 atom stereocenters. The van der Waals surface area contributed by atoms with Gasteiger partial charge in [-0.05, 0) is 56.2 Å². The van der Waals surface area contributed by atoms with Crippen molar-refractivity contribution < 1.29 is 4.74 Å². The molecule has 5 heteroatoms. The minimum atomic E-state index is -0.215. The average molecular weight is 330 g/mol. The molecule has 0 radical (unpaired) electrons. The lowest BCUT2D eigenvalue weighted by Crippen LogP contribution is -2.28. The zero-order chi connectivity index (χ0) is 14.9. The molecule has 0 spiro atoms. The fourth-order valence-electron chi connectivity index (χ4n) is 2.03. The highest BCUT2D eigenvalue weighted by molar-refractivity contribution is 7.16. The predicted molar refractivity (Wildman–Crippen MR) is 87.3 cm³/mol. The molecule has 0 fully saturated rings. The number of nitrogens with two attached hydrogens (primary N) is 1. The lowest BCUT2D eigenvalue weighted by molar-refractivity contribution is 0.184. The molecule has 0 aliphatic heterocycles. The summed E-state index contributed by atoms with van der Waals surface area (Å²) < 4.78 is 6.79. The van der Waals surface area contributed by atoms with E-state index >= 15 is 0 Å². The molecule has 0 aliphatic rings. The molecule has 2 rings (SSSR count). The molecule has 0 aliphatic carbocycles. The molecule has 1 aromatic carbocycles. The quantitative estimate of drug-likeness (QED) is 0.842. The van der Waals surface area contributed by atoms with Crippen molar-refractivity contribution >= 4 is 34.5 Å². The van der Waals surface area contributed by atoms with E-state index in [0.29, 0.717) is 0 Å². The molecule has 108 valence electrons. The first-order valence-electron chi connectivity index (χ1n) is 6.32. The number of hydrogen-bond acceptors (Lipinski definition) is 3. The van der Waals surface area contributed by atoms with E-state index in [-0.39, 0.29) is 12.1 Å². The molecule has 0 saturated carbocycles. The van der Waals surface area contributed by atoms with Crippen LogP contribution in [0.2, 0.25) is 9.36 Å². The van der Waals surface area contributed by atoms with Gasteiger partial charge in [0.05, 0.1) is 4.34 Å². The van der Waals surface area contributed by atoms with Gasteiger partial charge in [-0.3, -0.25) is 0 Å². The maximum atomic E-state index is 6.17. The summed E-state index contributed by atoms with van der Waals surface area (Å²) in [7, 11) is 0. The van der Waals surface area contributed by atoms with E-state index in [4.69, 9.17) is 33.7 Å². The first-order chi connectivity index (χ1) is 9.38. The van der Waals surface area contributed by atoms with Crippen molar-refractivity contribution in [1.82, 2.24) is 0 Å². The minimum Gasteiger partial charge on any atom is -0.483 e. The minimum absolute atomic E-state index is 0.138. The van der Waals surface area contributed by atoms with Crippen LogP contribution >= 0.6 is 34.5 Å². The van der Waals surface area contributed by atoms with Crippen molar-refractivity contribution in [2.75, 3.05) is 0 Å². The van der Waals surface area contributed by atoms with Crippen molar-refractivity contribution in [1.29, 1.82) is 0 Å². The standard InChI is InChI=1S/C15H17Cl2NOS/c1-8-6-11(7-9(2)14(8)17)19-15(10(3)18)12-4-5-13(16)20-12/h4-7,10,15H,18H2,1-3H3. The molecule has 2 nitrogen and oxygen atoms in total. The Balaban J connectivity index is 2.29. The monoisotopic (exact) mass is 329 g/mol. The van der Waals surface area contributed by atoms with Gasteiger partial charge in [-0.2, -0.15) is 0 Å². The van der Waals surface area contributed by atoms with Crippen molar-refractivity contribution in [2.45, 2.75) is 32.9 Å². The van der Waals surface area contributed by atoms with Gasteiger partial charge in [-0.1, -0.05) is 23.2 Å². The van der Waals surface area contributed by atoms with Gasteiger partial charge in [-0.25, -0.2) is 0 Å². The summed E-state index contributed by atoms with van der Waals surface area (Å²) in [6, 6.07) is 7.54. The fourth-order valence-corrected chi connectivity index (χ4v) is 3.34. The van der Waals surface area contributed by atoms with Crippen molar-refractivity contribution in [3.05, 3.63) is 49.6 Å². The second-order valence-electron chi connectivity index (χ2n) is 4.91. The van der Waals surface area contributed by atoms with Crippen molar-refractivity contribution in [3.63, 3.8) is 0 Å². The van der Waals surface area contributed by atoms with E-state index in [1.165, 1.54) is 11.3 Å². The summed E-state index contributed by atoms with van der Waals surface area (Å²) in [4.78, 5) is 1.02. The van der Waals surface area contributed by atoms with Gasteiger partial charge in [-0.15, -0.1) is 11.3 Å². The lowest BCUT2D eigenvalue weighted by atomic mass is 10.1. The maximum Gasteiger partial charge on any atom is 0.148 e. The summed E-state index contributed by atoms with van der Waals surface area (Å²) in [6.45, 7) is 5.85. The third-order valence-corrected chi connectivity index (χ3v) is 4.91. The first kappa shape index (κ1) is 15.6.